The third-order valence-corrected chi connectivity index (χ3v) is 4.33. The predicted octanol–water partition coefficient (Wildman–Crippen LogP) is 2.51. The van der Waals surface area contributed by atoms with Gasteiger partial charge in [-0.2, -0.15) is 0 Å². The molecule has 1 unspecified atom stereocenters. The Morgan fingerprint density at radius 2 is 2.12 bits per heavy atom. The van der Waals surface area contributed by atoms with E-state index >= 15 is 0 Å². The first kappa shape index (κ1) is 13.5. The SMILES string of the molecule is O=CCCCC(Br)C1CCN(C(=O)O)CC1. The number of aldehydes is 1. The summed E-state index contributed by atoms with van der Waals surface area (Å²) in [6, 6.07) is 0. The van der Waals surface area contributed by atoms with Crippen molar-refractivity contribution in [1.82, 2.24) is 4.90 Å². The quantitative estimate of drug-likeness (QED) is 0.481. The second-order valence-electron chi connectivity index (χ2n) is 4.22. The van der Waals surface area contributed by atoms with Crippen LogP contribution in [0.2, 0.25) is 0 Å². The largest absolute Gasteiger partial charge is 0.465 e. The summed E-state index contributed by atoms with van der Waals surface area (Å²) in [6.45, 7) is 1.27. The molecule has 0 radical (unpaired) electrons. The van der Waals surface area contributed by atoms with Crippen LogP contribution in [0.4, 0.5) is 4.79 Å². The highest BCUT2D eigenvalue weighted by Crippen LogP contribution is 2.28. The maximum Gasteiger partial charge on any atom is 0.407 e. The Labute approximate surface area is 104 Å². The number of unbranched alkanes of at least 4 members (excludes halogenated alkanes) is 1. The van der Waals surface area contributed by atoms with E-state index in [-0.39, 0.29) is 0 Å². The van der Waals surface area contributed by atoms with Crippen LogP contribution in [0.25, 0.3) is 0 Å². The van der Waals surface area contributed by atoms with Gasteiger partial charge in [0.05, 0.1) is 0 Å². The molecule has 0 aliphatic carbocycles. The molecule has 0 spiro atoms. The summed E-state index contributed by atoms with van der Waals surface area (Å²) < 4.78 is 0. The number of piperidine rings is 1. The molecule has 1 saturated heterocycles. The fourth-order valence-electron chi connectivity index (χ4n) is 2.08. The normalized spacial score (nSPS) is 19.4. The van der Waals surface area contributed by atoms with Crippen molar-refractivity contribution in [2.24, 2.45) is 5.92 Å². The summed E-state index contributed by atoms with van der Waals surface area (Å²) in [5.41, 5.74) is 0. The van der Waals surface area contributed by atoms with Crippen molar-refractivity contribution in [2.75, 3.05) is 13.1 Å². The van der Waals surface area contributed by atoms with Crippen LogP contribution in [0.3, 0.4) is 0 Å². The molecule has 0 aromatic heterocycles. The van der Waals surface area contributed by atoms with Gasteiger partial charge in [-0.3, -0.25) is 0 Å². The van der Waals surface area contributed by atoms with Gasteiger partial charge in [0.1, 0.15) is 6.29 Å². The first-order chi connectivity index (χ1) is 7.65. The number of likely N-dealkylation sites (tertiary alicyclic amines) is 1. The number of halogens is 1. The van der Waals surface area contributed by atoms with Crippen LogP contribution < -0.4 is 0 Å². The third-order valence-electron chi connectivity index (χ3n) is 3.12. The van der Waals surface area contributed by atoms with E-state index in [1.165, 1.54) is 4.90 Å². The van der Waals surface area contributed by atoms with Crippen molar-refractivity contribution < 1.29 is 14.7 Å². The summed E-state index contributed by atoms with van der Waals surface area (Å²) in [6.07, 6.45) is 4.51. The molecule has 0 saturated carbocycles. The molecule has 1 atom stereocenters. The molecular formula is C11H18BrNO3. The number of amides is 1. The summed E-state index contributed by atoms with van der Waals surface area (Å²) in [5.74, 6) is 0.544. The minimum Gasteiger partial charge on any atom is -0.465 e. The van der Waals surface area contributed by atoms with E-state index in [0.29, 0.717) is 30.3 Å². The number of hydrogen-bond acceptors (Lipinski definition) is 2. The lowest BCUT2D eigenvalue weighted by atomic mass is 9.91. The van der Waals surface area contributed by atoms with Crippen molar-refractivity contribution >= 4 is 28.3 Å². The minimum absolute atomic E-state index is 0.420. The Kier molecular flexibility index (Phi) is 5.80. The molecule has 1 amide bonds. The summed E-state index contributed by atoms with van der Waals surface area (Å²) >= 11 is 3.64. The van der Waals surface area contributed by atoms with Gasteiger partial charge in [0.2, 0.25) is 0 Å². The maximum atomic E-state index is 10.7. The number of nitrogens with zero attached hydrogens (tertiary/aromatic N) is 1. The van der Waals surface area contributed by atoms with Gasteiger partial charge in [-0.05, 0) is 31.6 Å². The van der Waals surface area contributed by atoms with E-state index < -0.39 is 6.09 Å². The third kappa shape index (κ3) is 4.12. The summed E-state index contributed by atoms with van der Waals surface area (Å²) in [5, 5.41) is 8.81. The number of hydrogen-bond donors (Lipinski definition) is 1. The highest BCUT2D eigenvalue weighted by Gasteiger charge is 2.26. The van der Waals surface area contributed by atoms with Gasteiger partial charge in [0, 0.05) is 24.3 Å². The molecule has 0 aromatic rings. The summed E-state index contributed by atoms with van der Waals surface area (Å²) in [4.78, 5) is 22.8. The highest BCUT2D eigenvalue weighted by atomic mass is 79.9. The zero-order valence-electron chi connectivity index (χ0n) is 9.27. The second kappa shape index (κ2) is 6.89. The monoisotopic (exact) mass is 291 g/mol. The molecule has 1 aliphatic rings. The first-order valence-corrected chi connectivity index (χ1v) is 6.62. The van der Waals surface area contributed by atoms with Gasteiger partial charge in [0.15, 0.2) is 0 Å². The van der Waals surface area contributed by atoms with E-state index in [1.54, 1.807) is 0 Å². The van der Waals surface area contributed by atoms with Crippen LogP contribution in [-0.4, -0.2) is 40.3 Å². The van der Waals surface area contributed by atoms with Crippen LogP contribution in [0.1, 0.15) is 32.1 Å². The fraction of sp³-hybridized carbons (Fsp3) is 0.818. The molecule has 4 nitrogen and oxygen atoms in total. The van der Waals surface area contributed by atoms with Crippen molar-refractivity contribution in [2.45, 2.75) is 36.9 Å². The molecule has 16 heavy (non-hydrogen) atoms. The number of alkyl halides is 1. The minimum atomic E-state index is -0.814. The van der Waals surface area contributed by atoms with E-state index in [9.17, 15) is 9.59 Å². The lowest BCUT2D eigenvalue weighted by Crippen LogP contribution is -2.39. The average Bonchev–Trinajstić information content (AvgIpc) is 2.29. The standard InChI is InChI=1S/C11H18BrNO3/c12-10(3-1-2-8-14)9-4-6-13(7-5-9)11(15)16/h8-10H,1-7H2,(H,15,16). The van der Waals surface area contributed by atoms with Crippen LogP contribution in [0.5, 0.6) is 0 Å². The van der Waals surface area contributed by atoms with Crippen LogP contribution in [-0.2, 0) is 4.79 Å². The zero-order chi connectivity index (χ0) is 12.0. The predicted molar refractivity (Wildman–Crippen MR) is 65.0 cm³/mol. The Morgan fingerprint density at radius 3 is 2.62 bits per heavy atom. The molecule has 0 bridgehead atoms. The van der Waals surface area contributed by atoms with E-state index in [4.69, 9.17) is 5.11 Å². The molecule has 1 fully saturated rings. The highest BCUT2D eigenvalue weighted by molar-refractivity contribution is 9.09. The first-order valence-electron chi connectivity index (χ1n) is 5.70. The van der Waals surface area contributed by atoms with Gasteiger partial charge < -0.3 is 14.8 Å². The maximum absolute atomic E-state index is 10.7. The van der Waals surface area contributed by atoms with Gasteiger partial charge in [-0.15, -0.1) is 0 Å². The number of rotatable bonds is 5. The number of carboxylic acid groups (broad SMARTS) is 1. The molecule has 1 N–H and O–H groups in total. The Hall–Kier alpha value is -0.580. The number of carbonyl (C=O) groups excluding carboxylic acids is 1. The van der Waals surface area contributed by atoms with Crippen molar-refractivity contribution in [3.63, 3.8) is 0 Å². The Morgan fingerprint density at radius 1 is 1.50 bits per heavy atom. The van der Waals surface area contributed by atoms with Crippen LogP contribution in [0.15, 0.2) is 0 Å². The molecule has 5 heteroatoms. The Balaban J connectivity index is 2.24. The Bertz CT molecular complexity index is 239. The van der Waals surface area contributed by atoms with Gasteiger partial charge in [-0.1, -0.05) is 15.9 Å². The van der Waals surface area contributed by atoms with Crippen molar-refractivity contribution in [3.05, 3.63) is 0 Å². The second-order valence-corrected chi connectivity index (χ2v) is 5.40. The molecule has 92 valence electrons. The molecule has 1 aliphatic heterocycles. The van der Waals surface area contributed by atoms with Crippen molar-refractivity contribution in [1.29, 1.82) is 0 Å². The molecule has 1 rings (SSSR count). The van der Waals surface area contributed by atoms with E-state index in [0.717, 1.165) is 32.0 Å². The molecule has 1 heterocycles. The fourth-order valence-corrected chi connectivity index (χ4v) is 2.94. The molecule has 0 aromatic carbocycles. The lowest BCUT2D eigenvalue weighted by molar-refractivity contribution is -0.107. The van der Waals surface area contributed by atoms with Gasteiger partial charge in [-0.25, -0.2) is 4.79 Å². The van der Waals surface area contributed by atoms with Crippen molar-refractivity contribution in [3.8, 4) is 0 Å². The smallest absolute Gasteiger partial charge is 0.407 e. The van der Waals surface area contributed by atoms with E-state index in [1.807, 2.05) is 0 Å². The van der Waals surface area contributed by atoms with Gasteiger partial charge >= 0.3 is 6.09 Å². The van der Waals surface area contributed by atoms with Crippen LogP contribution in [0, 0.1) is 5.92 Å². The zero-order valence-corrected chi connectivity index (χ0v) is 10.9. The average molecular weight is 292 g/mol. The molecular weight excluding hydrogens is 274 g/mol. The topological polar surface area (TPSA) is 57.6 Å². The van der Waals surface area contributed by atoms with Gasteiger partial charge in [0.25, 0.3) is 0 Å². The van der Waals surface area contributed by atoms with Crippen LogP contribution >= 0.6 is 15.9 Å². The number of carbonyl (C=O) groups is 2. The van der Waals surface area contributed by atoms with E-state index in [2.05, 4.69) is 15.9 Å². The summed E-state index contributed by atoms with van der Waals surface area (Å²) in [7, 11) is 0. The lowest BCUT2D eigenvalue weighted by Gasteiger charge is -2.32.